The molecule has 1 heterocycles. The Morgan fingerprint density at radius 2 is 2.00 bits per heavy atom. The molecule has 2 aromatic rings. The molecule has 0 saturated heterocycles. The van der Waals surface area contributed by atoms with Crippen molar-refractivity contribution in [3.63, 3.8) is 0 Å². The summed E-state index contributed by atoms with van der Waals surface area (Å²) in [6, 6.07) is 10.2. The molecule has 0 aliphatic rings. The Bertz CT molecular complexity index is 552. The van der Waals surface area contributed by atoms with Crippen molar-refractivity contribution < 1.29 is 9.90 Å². The number of benzene rings is 1. The van der Waals surface area contributed by atoms with Crippen molar-refractivity contribution in [3.8, 4) is 0 Å². The molecule has 92 valence electrons. The zero-order valence-corrected chi connectivity index (χ0v) is 9.63. The fourth-order valence-corrected chi connectivity index (χ4v) is 1.49. The Morgan fingerprint density at radius 1 is 1.28 bits per heavy atom. The molecular formula is C13H13N3O2. The largest absolute Gasteiger partial charge is 0.397 e. The maximum atomic E-state index is 11.9. The van der Waals surface area contributed by atoms with Gasteiger partial charge in [0.1, 0.15) is 0 Å². The number of nitrogens with zero attached hydrogens (tertiary/aromatic N) is 1. The first-order chi connectivity index (χ1) is 8.70. The molecule has 0 aliphatic carbocycles. The molecule has 0 spiro atoms. The van der Waals surface area contributed by atoms with E-state index >= 15 is 0 Å². The third-order valence-electron chi connectivity index (χ3n) is 2.45. The number of amides is 1. The van der Waals surface area contributed by atoms with E-state index < -0.39 is 0 Å². The van der Waals surface area contributed by atoms with Crippen LogP contribution in [0.15, 0.2) is 42.6 Å². The minimum Gasteiger partial charge on any atom is -0.397 e. The van der Waals surface area contributed by atoms with Gasteiger partial charge in [0.25, 0.3) is 5.91 Å². The molecule has 18 heavy (non-hydrogen) atoms. The number of aromatic nitrogens is 1. The summed E-state index contributed by atoms with van der Waals surface area (Å²) < 4.78 is 0. The number of aliphatic hydroxyl groups excluding tert-OH is 1. The maximum absolute atomic E-state index is 11.9. The second-order valence-electron chi connectivity index (χ2n) is 3.75. The highest BCUT2D eigenvalue weighted by atomic mass is 16.3. The van der Waals surface area contributed by atoms with Crippen LogP contribution in [0.3, 0.4) is 0 Å². The van der Waals surface area contributed by atoms with Crippen molar-refractivity contribution in [2.75, 3.05) is 11.1 Å². The lowest BCUT2D eigenvalue weighted by Gasteiger charge is -2.06. The van der Waals surface area contributed by atoms with E-state index in [1.807, 2.05) is 0 Å². The summed E-state index contributed by atoms with van der Waals surface area (Å²) in [4.78, 5) is 15.8. The molecule has 1 amide bonds. The smallest absolute Gasteiger partial charge is 0.276 e. The highest BCUT2D eigenvalue weighted by molar-refractivity contribution is 6.06. The van der Waals surface area contributed by atoms with Crippen LogP contribution in [0.5, 0.6) is 0 Å². The molecule has 1 aromatic heterocycles. The first kappa shape index (κ1) is 12.1. The van der Waals surface area contributed by atoms with E-state index in [1.54, 1.807) is 36.4 Å². The zero-order chi connectivity index (χ0) is 13.0. The molecule has 5 nitrogen and oxygen atoms in total. The Balaban J connectivity index is 2.14. The summed E-state index contributed by atoms with van der Waals surface area (Å²) in [5.41, 5.74) is 7.61. The van der Waals surface area contributed by atoms with Crippen LogP contribution in [0.25, 0.3) is 0 Å². The molecule has 5 heteroatoms. The highest BCUT2D eigenvalue weighted by Crippen LogP contribution is 2.13. The first-order valence-electron chi connectivity index (χ1n) is 5.42. The number of pyridine rings is 1. The number of aliphatic hydroxyl groups is 1. The van der Waals surface area contributed by atoms with Gasteiger partial charge in [-0.15, -0.1) is 0 Å². The number of rotatable bonds is 3. The predicted octanol–water partition coefficient (Wildman–Crippen LogP) is 1.41. The molecule has 2 rings (SSSR count). The number of hydrogen-bond donors (Lipinski definition) is 3. The molecule has 4 N–H and O–H groups in total. The standard InChI is InChI=1S/C13H13N3O2/c14-11-2-1-7-15-12(11)13(18)16-10-5-3-9(8-17)4-6-10/h1-7,17H,8,14H2,(H,16,18). The molecule has 0 saturated carbocycles. The summed E-state index contributed by atoms with van der Waals surface area (Å²) in [7, 11) is 0. The van der Waals surface area contributed by atoms with Gasteiger partial charge in [0, 0.05) is 11.9 Å². The number of nitrogens with two attached hydrogens (primary N) is 1. The van der Waals surface area contributed by atoms with Gasteiger partial charge < -0.3 is 16.2 Å². The van der Waals surface area contributed by atoms with Gasteiger partial charge in [0.2, 0.25) is 0 Å². The van der Waals surface area contributed by atoms with Gasteiger partial charge in [-0.05, 0) is 29.8 Å². The van der Waals surface area contributed by atoms with Gasteiger partial charge in [-0.2, -0.15) is 0 Å². The average molecular weight is 243 g/mol. The number of anilines is 2. The summed E-state index contributed by atoms with van der Waals surface area (Å²) >= 11 is 0. The summed E-state index contributed by atoms with van der Waals surface area (Å²) in [6.45, 7) is -0.0264. The van der Waals surface area contributed by atoms with E-state index in [2.05, 4.69) is 10.3 Å². The highest BCUT2D eigenvalue weighted by Gasteiger charge is 2.10. The van der Waals surface area contributed by atoms with Crippen molar-refractivity contribution in [2.45, 2.75) is 6.61 Å². The van der Waals surface area contributed by atoms with Gasteiger partial charge >= 0.3 is 0 Å². The van der Waals surface area contributed by atoms with Crippen LogP contribution in [-0.2, 0) is 6.61 Å². The van der Waals surface area contributed by atoms with Crippen LogP contribution in [0, 0.1) is 0 Å². The third-order valence-corrected chi connectivity index (χ3v) is 2.45. The normalized spacial score (nSPS) is 10.1. The predicted molar refractivity (Wildman–Crippen MR) is 69.0 cm³/mol. The van der Waals surface area contributed by atoms with Gasteiger partial charge in [0.05, 0.1) is 12.3 Å². The molecule has 0 fully saturated rings. The van der Waals surface area contributed by atoms with Crippen LogP contribution >= 0.6 is 0 Å². The van der Waals surface area contributed by atoms with E-state index in [9.17, 15) is 4.79 Å². The van der Waals surface area contributed by atoms with Gasteiger partial charge in [0.15, 0.2) is 5.69 Å². The van der Waals surface area contributed by atoms with E-state index in [0.717, 1.165) is 5.56 Å². The second-order valence-corrected chi connectivity index (χ2v) is 3.75. The number of carbonyl (C=O) groups is 1. The summed E-state index contributed by atoms with van der Waals surface area (Å²) in [5, 5.41) is 11.6. The van der Waals surface area contributed by atoms with Crippen molar-refractivity contribution in [2.24, 2.45) is 0 Å². The fraction of sp³-hybridized carbons (Fsp3) is 0.0769. The topological polar surface area (TPSA) is 88.2 Å². The fourth-order valence-electron chi connectivity index (χ4n) is 1.49. The Morgan fingerprint density at radius 3 is 2.61 bits per heavy atom. The molecule has 1 aromatic carbocycles. The van der Waals surface area contributed by atoms with E-state index in [4.69, 9.17) is 10.8 Å². The van der Waals surface area contributed by atoms with Crippen molar-refractivity contribution in [3.05, 3.63) is 53.9 Å². The van der Waals surface area contributed by atoms with Crippen molar-refractivity contribution in [1.82, 2.24) is 4.98 Å². The molecular weight excluding hydrogens is 230 g/mol. The maximum Gasteiger partial charge on any atom is 0.276 e. The van der Waals surface area contributed by atoms with Crippen LogP contribution in [-0.4, -0.2) is 16.0 Å². The van der Waals surface area contributed by atoms with E-state index in [-0.39, 0.29) is 18.2 Å². The Kier molecular flexibility index (Phi) is 3.54. The second kappa shape index (κ2) is 5.29. The van der Waals surface area contributed by atoms with Crippen molar-refractivity contribution in [1.29, 1.82) is 0 Å². The van der Waals surface area contributed by atoms with Crippen LogP contribution in [0.1, 0.15) is 16.1 Å². The van der Waals surface area contributed by atoms with E-state index in [0.29, 0.717) is 11.4 Å². The average Bonchev–Trinajstić information content (AvgIpc) is 2.40. The minimum atomic E-state index is -0.357. The van der Waals surface area contributed by atoms with Gasteiger partial charge in [-0.1, -0.05) is 12.1 Å². The summed E-state index contributed by atoms with van der Waals surface area (Å²) in [5.74, 6) is -0.357. The number of nitrogen functional groups attached to an aromatic ring is 1. The molecule has 0 radical (unpaired) electrons. The van der Waals surface area contributed by atoms with Crippen molar-refractivity contribution >= 4 is 17.3 Å². The van der Waals surface area contributed by atoms with E-state index in [1.165, 1.54) is 6.20 Å². The molecule has 0 aliphatic heterocycles. The summed E-state index contributed by atoms with van der Waals surface area (Å²) in [6.07, 6.45) is 1.51. The number of nitrogens with one attached hydrogen (secondary N) is 1. The minimum absolute atomic E-state index is 0.0264. The quantitative estimate of drug-likeness (QED) is 0.760. The number of carbonyl (C=O) groups excluding carboxylic acids is 1. The van der Waals surface area contributed by atoms with Crippen LogP contribution < -0.4 is 11.1 Å². The molecule has 0 unspecified atom stereocenters. The Labute approximate surface area is 104 Å². The first-order valence-corrected chi connectivity index (χ1v) is 5.42. The lowest BCUT2D eigenvalue weighted by molar-refractivity contribution is 0.102. The number of hydrogen-bond acceptors (Lipinski definition) is 4. The lowest BCUT2D eigenvalue weighted by Crippen LogP contribution is -2.15. The zero-order valence-electron chi connectivity index (χ0n) is 9.63. The Hall–Kier alpha value is -2.40. The third kappa shape index (κ3) is 2.64. The van der Waals surface area contributed by atoms with Crippen LogP contribution in [0.2, 0.25) is 0 Å². The van der Waals surface area contributed by atoms with Crippen LogP contribution in [0.4, 0.5) is 11.4 Å². The molecule has 0 bridgehead atoms. The van der Waals surface area contributed by atoms with Gasteiger partial charge in [-0.3, -0.25) is 4.79 Å². The monoisotopic (exact) mass is 243 g/mol. The lowest BCUT2D eigenvalue weighted by atomic mass is 10.2. The molecule has 0 atom stereocenters. The SMILES string of the molecule is Nc1cccnc1C(=O)Nc1ccc(CO)cc1. The van der Waals surface area contributed by atoms with Gasteiger partial charge in [-0.25, -0.2) is 4.98 Å².